The third-order valence-electron chi connectivity index (χ3n) is 2.53. The number of hydrogen-bond acceptors (Lipinski definition) is 2. The largest absolute Gasteiger partial charge is 0.416 e. The molecular weight excluding hydrogens is 259 g/mol. The van der Waals surface area contributed by atoms with Crippen molar-refractivity contribution in [1.82, 2.24) is 5.32 Å². The van der Waals surface area contributed by atoms with E-state index in [1.54, 1.807) is 6.92 Å². The first-order chi connectivity index (χ1) is 8.79. The van der Waals surface area contributed by atoms with Gasteiger partial charge < -0.3 is 10.4 Å². The Morgan fingerprint density at radius 2 is 2.11 bits per heavy atom. The molecule has 19 heavy (non-hydrogen) atoms. The number of aliphatic hydroxyl groups excluding tert-OH is 1. The van der Waals surface area contributed by atoms with Gasteiger partial charge in [-0.3, -0.25) is 4.79 Å². The summed E-state index contributed by atoms with van der Waals surface area (Å²) < 4.78 is 37.4. The molecule has 0 aliphatic carbocycles. The highest BCUT2D eigenvalue weighted by Crippen LogP contribution is 2.29. The zero-order valence-corrected chi connectivity index (χ0v) is 10.5. The van der Waals surface area contributed by atoms with Crippen LogP contribution < -0.4 is 5.32 Å². The summed E-state index contributed by atoms with van der Waals surface area (Å²) >= 11 is 0. The quantitative estimate of drug-likeness (QED) is 0.867. The van der Waals surface area contributed by atoms with Crippen LogP contribution in [0.4, 0.5) is 13.2 Å². The molecule has 1 unspecified atom stereocenters. The number of alkyl halides is 3. The van der Waals surface area contributed by atoms with Crippen molar-refractivity contribution >= 4 is 5.91 Å². The maximum atomic E-state index is 12.5. The molecule has 1 rings (SSSR count). The first-order valence-corrected chi connectivity index (χ1v) is 5.90. The SMILES string of the molecule is CC(O)CCC(=O)NCc1cccc(C(F)(F)F)c1. The van der Waals surface area contributed by atoms with E-state index in [-0.39, 0.29) is 18.9 Å². The van der Waals surface area contributed by atoms with Gasteiger partial charge in [0, 0.05) is 13.0 Å². The Balaban J connectivity index is 2.52. The van der Waals surface area contributed by atoms with Crippen molar-refractivity contribution in [1.29, 1.82) is 0 Å². The zero-order valence-electron chi connectivity index (χ0n) is 10.5. The Morgan fingerprint density at radius 3 is 2.68 bits per heavy atom. The van der Waals surface area contributed by atoms with E-state index in [4.69, 9.17) is 5.11 Å². The van der Waals surface area contributed by atoms with Crippen molar-refractivity contribution in [2.24, 2.45) is 0 Å². The number of nitrogens with one attached hydrogen (secondary N) is 1. The Bertz CT molecular complexity index is 430. The second-order valence-electron chi connectivity index (χ2n) is 4.36. The first kappa shape index (κ1) is 15.5. The van der Waals surface area contributed by atoms with Crippen LogP contribution in [-0.2, 0) is 17.5 Å². The molecule has 0 saturated carbocycles. The summed E-state index contributed by atoms with van der Waals surface area (Å²) in [7, 11) is 0. The number of carbonyl (C=O) groups excluding carboxylic acids is 1. The fourth-order valence-electron chi connectivity index (χ4n) is 1.49. The molecule has 2 N–H and O–H groups in total. The third kappa shape index (κ3) is 5.74. The predicted molar refractivity (Wildman–Crippen MR) is 64.2 cm³/mol. The van der Waals surface area contributed by atoms with E-state index in [1.807, 2.05) is 0 Å². The zero-order chi connectivity index (χ0) is 14.5. The van der Waals surface area contributed by atoms with E-state index in [2.05, 4.69) is 5.32 Å². The Labute approximate surface area is 109 Å². The monoisotopic (exact) mass is 275 g/mol. The lowest BCUT2D eigenvalue weighted by molar-refractivity contribution is -0.137. The smallest absolute Gasteiger partial charge is 0.393 e. The molecule has 1 atom stereocenters. The van der Waals surface area contributed by atoms with Crippen molar-refractivity contribution in [2.75, 3.05) is 0 Å². The number of carbonyl (C=O) groups is 1. The van der Waals surface area contributed by atoms with Crippen molar-refractivity contribution in [3.05, 3.63) is 35.4 Å². The normalized spacial score (nSPS) is 13.1. The summed E-state index contributed by atoms with van der Waals surface area (Å²) in [6, 6.07) is 4.82. The summed E-state index contributed by atoms with van der Waals surface area (Å²) in [5.41, 5.74) is -0.344. The van der Waals surface area contributed by atoms with Crippen LogP contribution in [0.2, 0.25) is 0 Å². The summed E-state index contributed by atoms with van der Waals surface area (Å²) in [5.74, 6) is -0.293. The van der Waals surface area contributed by atoms with Crippen molar-refractivity contribution in [3.63, 3.8) is 0 Å². The van der Waals surface area contributed by atoms with Gasteiger partial charge in [-0.05, 0) is 31.0 Å². The van der Waals surface area contributed by atoms with Gasteiger partial charge in [-0.1, -0.05) is 12.1 Å². The number of amides is 1. The molecule has 0 bridgehead atoms. The van der Waals surface area contributed by atoms with Crippen LogP contribution in [-0.4, -0.2) is 17.1 Å². The van der Waals surface area contributed by atoms with Crippen molar-refractivity contribution in [3.8, 4) is 0 Å². The Hall–Kier alpha value is -1.56. The molecule has 0 saturated heterocycles. The molecule has 1 aromatic rings. The van der Waals surface area contributed by atoms with E-state index in [9.17, 15) is 18.0 Å². The molecule has 0 radical (unpaired) electrons. The fourth-order valence-corrected chi connectivity index (χ4v) is 1.49. The van der Waals surface area contributed by atoms with Crippen LogP contribution >= 0.6 is 0 Å². The molecule has 0 aliphatic rings. The molecule has 1 amide bonds. The van der Waals surface area contributed by atoms with E-state index in [1.165, 1.54) is 12.1 Å². The number of aliphatic hydroxyl groups is 1. The molecule has 106 valence electrons. The van der Waals surface area contributed by atoms with Crippen LogP contribution in [0.15, 0.2) is 24.3 Å². The maximum Gasteiger partial charge on any atom is 0.416 e. The molecule has 0 aromatic heterocycles. The van der Waals surface area contributed by atoms with Gasteiger partial charge in [-0.25, -0.2) is 0 Å². The van der Waals surface area contributed by atoms with Gasteiger partial charge in [-0.2, -0.15) is 13.2 Å². The lowest BCUT2D eigenvalue weighted by Crippen LogP contribution is -2.23. The van der Waals surface area contributed by atoms with Crippen LogP contribution in [0.3, 0.4) is 0 Å². The number of benzene rings is 1. The van der Waals surface area contributed by atoms with Crippen LogP contribution in [0.5, 0.6) is 0 Å². The highest BCUT2D eigenvalue weighted by molar-refractivity contribution is 5.75. The molecule has 0 spiro atoms. The van der Waals surface area contributed by atoms with E-state index in [0.29, 0.717) is 12.0 Å². The minimum absolute atomic E-state index is 0.0442. The molecule has 0 fully saturated rings. The summed E-state index contributed by atoms with van der Waals surface area (Å²) in [6.07, 6.45) is -4.48. The summed E-state index contributed by atoms with van der Waals surface area (Å²) in [4.78, 5) is 11.4. The second-order valence-corrected chi connectivity index (χ2v) is 4.36. The number of rotatable bonds is 5. The van der Waals surface area contributed by atoms with Crippen LogP contribution in [0.1, 0.15) is 30.9 Å². The molecular formula is C13H16F3NO2. The molecule has 3 nitrogen and oxygen atoms in total. The van der Waals surface area contributed by atoms with Gasteiger partial charge in [0.2, 0.25) is 5.91 Å². The third-order valence-corrected chi connectivity index (χ3v) is 2.53. The van der Waals surface area contributed by atoms with Crippen LogP contribution in [0.25, 0.3) is 0 Å². The van der Waals surface area contributed by atoms with Crippen molar-refractivity contribution in [2.45, 2.75) is 38.6 Å². The molecule has 0 heterocycles. The maximum absolute atomic E-state index is 12.5. The minimum atomic E-state index is -4.38. The van der Waals surface area contributed by atoms with Crippen LogP contribution in [0, 0.1) is 0 Å². The van der Waals surface area contributed by atoms with Gasteiger partial charge in [0.15, 0.2) is 0 Å². The molecule has 6 heteroatoms. The second kappa shape index (κ2) is 6.56. The highest BCUT2D eigenvalue weighted by Gasteiger charge is 2.30. The minimum Gasteiger partial charge on any atom is -0.393 e. The molecule has 1 aromatic carbocycles. The van der Waals surface area contributed by atoms with E-state index >= 15 is 0 Å². The fraction of sp³-hybridized carbons (Fsp3) is 0.462. The Kier molecular flexibility index (Phi) is 5.35. The topological polar surface area (TPSA) is 49.3 Å². The standard InChI is InChI=1S/C13H16F3NO2/c1-9(18)5-6-12(19)17-8-10-3-2-4-11(7-10)13(14,15)16/h2-4,7,9,18H,5-6,8H2,1H3,(H,17,19). The number of hydrogen-bond donors (Lipinski definition) is 2. The van der Waals surface area contributed by atoms with Gasteiger partial charge in [0.1, 0.15) is 0 Å². The van der Waals surface area contributed by atoms with Gasteiger partial charge in [-0.15, -0.1) is 0 Å². The van der Waals surface area contributed by atoms with Gasteiger partial charge in [0.25, 0.3) is 0 Å². The lowest BCUT2D eigenvalue weighted by Gasteiger charge is -2.10. The number of halogens is 3. The van der Waals surface area contributed by atoms with Crippen molar-refractivity contribution < 1.29 is 23.1 Å². The predicted octanol–water partition coefficient (Wildman–Crippen LogP) is 2.48. The highest BCUT2D eigenvalue weighted by atomic mass is 19.4. The average molecular weight is 275 g/mol. The van der Waals surface area contributed by atoms with Gasteiger partial charge >= 0.3 is 6.18 Å². The van der Waals surface area contributed by atoms with Gasteiger partial charge in [0.05, 0.1) is 11.7 Å². The van der Waals surface area contributed by atoms with E-state index in [0.717, 1.165) is 12.1 Å². The lowest BCUT2D eigenvalue weighted by atomic mass is 10.1. The Morgan fingerprint density at radius 1 is 1.42 bits per heavy atom. The summed E-state index contributed by atoms with van der Waals surface area (Å²) in [5, 5.41) is 11.5. The molecule has 0 aliphatic heterocycles. The average Bonchev–Trinajstić information content (AvgIpc) is 2.33. The van der Waals surface area contributed by atoms with E-state index < -0.39 is 17.8 Å². The first-order valence-electron chi connectivity index (χ1n) is 5.90. The summed E-state index contributed by atoms with van der Waals surface area (Å²) in [6.45, 7) is 1.61.